The number of nitrogens with one attached hydrogen (secondary N) is 1. The molecule has 0 aliphatic heterocycles. The van der Waals surface area contributed by atoms with Gasteiger partial charge in [0.2, 0.25) is 0 Å². The molecule has 0 fully saturated rings. The molecule has 3 nitrogen and oxygen atoms in total. The number of allylic oxidation sites excluding steroid dienone is 1. The van der Waals surface area contributed by atoms with Crippen molar-refractivity contribution >= 4 is 23.2 Å². The highest BCUT2D eigenvalue weighted by Crippen LogP contribution is 2.22. The van der Waals surface area contributed by atoms with Crippen molar-refractivity contribution < 1.29 is 4.79 Å². The van der Waals surface area contributed by atoms with Gasteiger partial charge in [0.15, 0.2) is 0 Å². The first kappa shape index (κ1) is 15.6. The van der Waals surface area contributed by atoms with Gasteiger partial charge in [0.05, 0.1) is 10.6 Å². The van der Waals surface area contributed by atoms with E-state index in [4.69, 9.17) is 11.6 Å². The van der Waals surface area contributed by atoms with Crippen LogP contribution in [-0.2, 0) is 0 Å². The lowest BCUT2D eigenvalue weighted by atomic mass is 10.1. The summed E-state index contributed by atoms with van der Waals surface area (Å²) >= 11 is 6.07. The Hall–Kier alpha value is -1.48. The first-order chi connectivity index (χ1) is 8.95. The summed E-state index contributed by atoms with van der Waals surface area (Å²) in [5, 5.41) is 3.84. The van der Waals surface area contributed by atoms with Crippen LogP contribution in [0.3, 0.4) is 0 Å². The molecule has 0 heterocycles. The minimum absolute atomic E-state index is 0.0904. The maximum Gasteiger partial charge on any atom is 0.254 e. The van der Waals surface area contributed by atoms with Crippen LogP contribution >= 0.6 is 11.6 Å². The van der Waals surface area contributed by atoms with E-state index in [9.17, 15) is 4.79 Å². The van der Waals surface area contributed by atoms with E-state index in [0.29, 0.717) is 16.6 Å². The molecule has 0 bridgehead atoms. The van der Waals surface area contributed by atoms with Crippen LogP contribution in [0.25, 0.3) is 0 Å². The summed E-state index contributed by atoms with van der Waals surface area (Å²) in [6, 6.07) is 5.76. The number of anilines is 1. The fraction of sp³-hybridized carbons (Fsp3) is 0.400. The van der Waals surface area contributed by atoms with Crippen LogP contribution in [0.2, 0.25) is 5.02 Å². The van der Waals surface area contributed by atoms with Gasteiger partial charge in [-0.2, -0.15) is 0 Å². The minimum atomic E-state index is -0.0904. The molecule has 1 atom stereocenters. The summed E-state index contributed by atoms with van der Waals surface area (Å²) in [4.78, 5) is 13.5. The van der Waals surface area contributed by atoms with Gasteiger partial charge >= 0.3 is 0 Å². The fourth-order valence-corrected chi connectivity index (χ4v) is 1.94. The maximum atomic E-state index is 12.0. The molecule has 1 aromatic carbocycles. The van der Waals surface area contributed by atoms with Gasteiger partial charge in [0.1, 0.15) is 0 Å². The van der Waals surface area contributed by atoms with Gasteiger partial charge < -0.3 is 10.2 Å². The topological polar surface area (TPSA) is 32.3 Å². The Morgan fingerprint density at radius 3 is 2.79 bits per heavy atom. The smallest absolute Gasteiger partial charge is 0.254 e. The van der Waals surface area contributed by atoms with Gasteiger partial charge in [-0.1, -0.05) is 17.7 Å². The van der Waals surface area contributed by atoms with E-state index in [-0.39, 0.29) is 5.91 Å². The zero-order valence-corrected chi connectivity index (χ0v) is 12.5. The molecule has 19 heavy (non-hydrogen) atoms. The number of carbonyl (C=O) groups is 1. The van der Waals surface area contributed by atoms with Gasteiger partial charge in [-0.05, 0) is 38.0 Å². The summed E-state index contributed by atoms with van der Waals surface area (Å²) < 4.78 is 0. The highest BCUT2D eigenvalue weighted by molar-refractivity contribution is 6.34. The van der Waals surface area contributed by atoms with E-state index < -0.39 is 0 Å². The third kappa shape index (κ3) is 4.60. The van der Waals surface area contributed by atoms with Crippen LogP contribution in [0.5, 0.6) is 0 Å². The summed E-state index contributed by atoms with van der Waals surface area (Å²) in [6.07, 6.45) is 3.87. The van der Waals surface area contributed by atoms with E-state index in [0.717, 1.165) is 18.5 Å². The second-order valence-corrected chi connectivity index (χ2v) is 5.21. The molecule has 0 saturated heterocycles. The molecule has 1 aromatic rings. The summed E-state index contributed by atoms with van der Waals surface area (Å²) in [7, 11) is 3.43. The number of rotatable bonds is 6. The lowest BCUT2D eigenvalue weighted by Crippen LogP contribution is -2.22. The first-order valence-corrected chi connectivity index (χ1v) is 6.72. The normalized spacial score (nSPS) is 11.8. The number of amides is 1. The molecule has 0 aromatic heterocycles. The van der Waals surface area contributed by atoms with Crippen molar-refractivity contribution in [1.29, 1.82) is 0 Å². The zero-order chi connectivity index (χ0) is 14.4. The number of hydrogen-bond donors (Lipinski definition) is 1. The Morgan fingerprint density at radius 1 is 1.53 bits per heavy atom. The number of benzene rings is 1. The molecule has 1 rings (SSSR count). The molecule has 0 spiro atoms. The molecule has 104 valence electrons. The lowest BCUT2D eigenvalue weighted by molar-refractivity contribution is 0.0828. The molecule has 1 N–H and O–H groups in total. The summed E-state index contributed by atoms with van der Waals surface area (Å²) in [6.45, 7) is 5.82. The minimum Gasteiger partial charge on any atom is -0.383 e. The third-order valence-electron chi connectivity index (χ3n) is 2.82. The van der Waals surface area contributed by atoms with E-state index >= 15 is 0 Å². The van der Waals surface area contributed by atoms with Crippen LogP contribution in [0.15, 0.2) is 30.9 Å². The predicted octanol–water partition coefficient (Wildman–Crippen LogP) is 3.81. The molecule has 0 radical (unpaired) electrons. The average molecular weight is 281 g/mol. The molecule has 0 aliphatic carbocycles. The summed E-state index contributed by atoms with van der Waals surface area (Å²) in [5.41, 5.74) is 1.43. The van der Waals surface area contributed by atoms with Crippen molar-refractivity contribution in [2.45, 2.75) is 25.8 Å². The van der Waals surface area contributed by atoms with E-state index in [2.05, 4.69) is 18.8 Å². The van der Waals surface area contributed by atoms with Crippen molar-refractivity contribution in [1.82, 2.24) is 4.90 Å². The molecular weight excluding hydrogens is 260 g/mol. The molecule has 1 amide bonds. The highest BCUT2D eigenvalue weighted by Gasteiger charge is 2.13. The van der Waals surface area contributed by atoms with Crippen LogP contribution in [-0.4, -0.2) is 30.9 Å². The molecule has 1 unspecified atom stereocenters. The lowest BCUT2D eigenvalue weighted by Gasteiger charge is -2.17. The van der Waals surface area contributed by atoms with Gasteiger partial charge in [-0.3, -0.25) is 4.79 Å². The quantitative estimate of drug-likeness (QED) is 0.804. The predicted molar refractivity (Wildman–Crippen MR) is 82.0 cm³/mol. The summed E-state index contributed by atoms with van der Waals surface area (Å²) in [5.74, 6) is -0.0904. The first-order valence-electron chi connectivity index (χ1n) is 6.34. The van der Waals surface area contributed by atoms with Crippen LogP contribution in [0, 0.1) is 0 Å². The second-order valence-electron chi connectivity index (χ2n) is 4.81. The van der Waals surface area contributed by atoms with Crippen molar-refractivity contribution in [2.75, 3.05) is 19.4 Å². The zero-order valence-electron chi connectivity index (χ0n) is 11.7. The van der Waals surface area contributed by atoms with Gasteiger partial charge in [-0.25, -0.2) is 0 Å². The van der Waals surface area contributed by atoms with Crippen LogP contribution in [0.4, 0.5) is 5.69 Å². The number of nitrogens with zero attached hydrogens (tertiary/aromatic N) is 1. The highest BCUT2D eigenvalue weighted by atomic mass is 35.5. The Balaban J connectivity index is 2.84. The average Bonchev–Trinajstić information content (AvgIpc) is 2.37. The Labute approximate surface area is 120 Å². The fourth-order valence-electron chi connectivity index (χ4n) is 1.74. The number of carbonyl (C=O) groups excluding carboxylic acids is 1. The molecular formula is C15H21ClN2O. The van der Waals surface area contributed by atoms with Crippen molar-refractivity contribution in [3.63, 3.8) is 0 Å². The second kappa shape index (κ2) is 7.19. The molecule has 0 aliphatic rings. The van der Waals surface area contributed by atoms with Crippen LogP contribution < -0.4 is 5.32 Å². The Bertz CT molecular complexity index is 457. The third-order valence-corrected chi connectivity index (χ3v) is 3.15. The molecule has 4 heteroatoms. The van der Waals surface area contributed by atoms with Gasteiger partial charge in [0.25, 0.3) is 5.91 Å². The largest absolute Gasteiger partial charge is 0.383 e. The SMILES string of the molecule is C=CCCC(C)Nc1ccc(Cl)c(C(=O)N(C)C)c1. The monoisotopic (exact) mass is 280 g/mol. The number of halogens is 1. The van der Waals surface area contributed by atoms with Crippen molar-refractivity contribution in [3.05, 3.63) is 41.4 Å². The van der Waals surface area contributed by atoms with Crippen molar-refractivity contribution in [3.8, 4) is 0 Å². The van der Waals surface area contributed by atoms with Gasteiger partial charge in [0, 0.05) is 25.8 Å². The van der Waals surface area contributed by atoms with Crippen molar-refractivity contribution in [2.24, 2.45) is 0 Å². The van der Waals surface area contributed by atoms with Crippen LogP contribution in [0.1, 0.15) is 30.1 Å². The van der Waals surface area contributed by atoms with E-state index in [1.165, 1.54) is 4.90 Å². The van der Waals surface area contributed by atoms with E-state index in [1.807, 2.05) is 12.1 Å². The Kier molecular flexibility index (Phi) is 5.90. The van der Waals surface area contributed by atoms with E-state index in [1.54, 1.807) is 26.2 Å². The number of hydrogen-bond acceptors (Lipinski definition) is 2. The Morgan fingerprint density at radius 2 is 2.21 bits per heavy atom. The molecule has 0 saturated carbocycles. The van der Waals surface area contributed by atoms with Gasteiger partial charge in [-0.15, -0.1) is 6.58 Å². The maximum absolute atomic E-state index is 12.0. The standard InChI is InChI=1S/C15H21ClN2O/c1-5-6-7-11(2)17-12-8-9-14(16)13(10-12)15(19)18(3)4/h5,8-11,17H,1,6-7H2,2-4H3.